The molecule has 112 valence electrons. The molecule has 0 fully saturated rings. The fourth-order valence-corrected chi connectivity index (χ4v) is 2.70. The first-order chi connectivity index (χ1) is 10.0. The molecule has 1 unspecified atom stereocenters. The summed E-state index contributed by atoms with van der Waals surface area (Å²) in [7, 11) is 2.09. The third-order valence-electron chi connectivity index (χ3n) is 3.44. The highest BCUT2D eigenvalue weighted by Gasteiger charge is 2.08. The molecule has 1 atom stereocenters. The molecule has 0 saturated carbocycles. The Bertz CT molecular complexity index is 587. The number of nitrogens with zero attached hydrogens (tertiary/aromatic N) is 1. The van der Waals surface area contributed by atoms with Crippen molar-refractivity contribution in [3.8, 4) is 0 Å². The van der Waals surface area contributed by atoms with Crippen LogP contribution in [0.4, 0.5) is 0 Å². The Hall–Kier alpha value is -1.06. The highest BCUT2D eigenvalue weighted by atomic mass is 35.5. The van der Waals surface area contributed by atoms with Crippen LogP contribution < -0.4 is 5.73 Å². The molecular formula is C17H20Cl2N2. The zero-order valence-corrected chi connectivity index (χ0v) is 13.6. The highest BCUT2D eigenvalue weighted by molar-refractivity contribution is 6.30. The van der Waals surface area contributed by atoms with E-state index in [1.807, 2.05) is 42.5 Å². The standard InChI is InChI=1S/C17H20Cl2N2/c1-21(12-13-4-2-6-15(18)10-13)9-8-17(20)14-5-3-7-16(19)11-14/h2-7,10-11,17H,8-9,12,20H2,1H3. The van der Waals surface area contributed by atoms with Gasteiger partial charge >= 0.3 is 0 Å². The van der Waals surface area contributed by atoms with E-state index in [0.717, 1.165) is 35.1 Å². The zero-order chi connectivity index (χ0) is 15.2. The molecule has 21 heavy (non-hydrogen) atoms. The second-order valence-electron chi connectivity index (χ2n) is 5.32. The molecule has 0 bridgehead atoms. The van der Waals surface area contributed by atoms with Crippen molar-refractivity contribution in [3.63, 3.8) is 0 Å². The summed E-state index contributed by atoms with van der Waals surface area (Å²) >= 11 is 12.0. The summed E-state index contributed by atoms with van der Waals surface area (Å²) in [5.74, 6) is 0. The van der Waals surface area contributed by atoms with Gasteiger partial charge in [0, 0.05) is 22.6 Å². The van der Waals surface area contributed by atoms with E-state index >= 15 is 0 Å². The Morgan fingerprint density at radius 1 is 1.05 bits per heavy atom. The highest BCUT2D eigenvalue weighted by Crippen LogP contribution is 2.19. The summed E-state index contributed by atoms with van der Waals surface area (Å²) in [6.45, 7) is 1.78. The Morgan fingerprint density at radius 2 is 1.71 bits per heavy atom. The van der Waals surface area contributed by atoms with Crippen molar-refractivity contribution in [2.45, 2.75) is 19.0 Å². The molecule has 0 aliphatic rings. The Labute approximate surface area is 136 Å². The van der Waals surface area contributed by atoms with Crippen molar-refractivity contribution in [2.75, 3.05) is 13.6 Å². The van der Waals surface area contributed by atoms with Gasteiger partial charge < -0.3 is 10.6 Å². The second-order valence-corrected chi connectivity index (χ2v) is 6.19. The molecule has 2 aromatic carbocycles. The average molecular weight is 323 g/mol. The van der Waals surface area contributed by atoms with E-state index in [2.05, 4.69) is 18.0 Å². The second kappa shape index (κ2) is 7.81. The smallest absolute Gasteiger partial charge is 0.0409 e. The van der Waals surface area contributed by atoms with Gasteiger partial charge in [-0.2, -0.15) is 0 Å². The minimum Gasteiger partial charge on any atom is -0.324 e. The summed E-state index contributed by atoms with van der Waals surface area (Å²) in [4.78, 5) is 2.25. The maximum atomic E-state index is 6.22. The number of halogens is 2. The van der Waals surface area contributed by atoms with Crippen molar-refractivity contribution in [1.82, 2.24) is 4.90 Å². The maximum Gasteiger partial charge on any atom is 0.0409 e. The molecule has 0 saturated heterocycles. The lowest BCUT2D eigenvalue weighted by molar-refractivity contribution is 0.311. The van der Waals surface area contributed by atoms with Gasteiger partial charge in [0.25, 0.3) is 0 Å². The van der Waals surface area contributed by atoms with Gasteiger partial charge in [0.15, 0.2) is 0 Å². The summed E-state index contributed by atoms with van der Waals surface area (Å²) in [5, 5.41) is 1.51. The van der Waals surface area contributed by atoms with E-state index < -0.39 is 0 Å². The van der Waals surface area contributed by atoms with Crippen LogP contribution in [0.3, 0.4) is 0 Å². The monoisotopic (exact) mass is 322 g/mol. The summed E-state index contributed by atoms with van der Waals surface area (Å²) < 4.78 is 0. The first kappa shape index (κ1) is 16.3. The van der Waals surface area contributed by atoms with Gasteiger partial charge in [0.2, 0.25) is 0 Å². The molecular weight excluding hydrogens is 303 g/mol. The molecule has 0 spiro atoms. The molecule has 2 aromatic rings. The maximum absolute atomic E-state index is 6.22. The van der Waals surface area contributed by atoms with Gasteiger partial charge in [-0.1, -0.05) is 47.5 Å². The topological polar surface area (TPSA) is 29.3 Å². The van der Waals surface area contributed by atoms with Crippen molar-refractivity contribution in [2.24, 2.45) is 5.73 Å². The van der Waals surface area contributed by atoms with E-state index in [4.69, 9.17) is 28.9 Å². The van der Waals surface area contributed by atoms with E-state index in [9.17, 15) is 0 Å². The van der Waals surface area contributed by atoms with E-state index in [1.165, 1.54) is 5.56 Å². The van der Waals surface area contributed by atoms with Crippen LogP contribution in [-0.2, 0) is 6.54 Å². The van der Waals surface area contributed by atoms with E-state index in [0.29, 0.717) is 0 Å². The third kappa shape index (κ3) is 5.33. The fourth-order valence-electron chi connectivity index (χ4n) is 2.29. The Balaban J connectivity index is 1.85. The quantitative estimate of drug-likeness (QED) is 0.847. The predicted octanol–water partition coefficient (Wildman–Crippen LogP) is 4.52. The number of benzene rings is 2. The number of nitrogens with two attached hydrogens (primary N) is 1. The average Bonchev–Trinajstić information content (AvgIpc) is 2.45. The van der Waals surface area contributed by atoms with Gasteiger partial charge in [-0.05, 0) is 55.4 Å². The lowest BCUT2D eigenvalue weighted by Crippen LogP contribution is -2.23. The lowest BCUT2D eigenvalue weighted by atomic mass is 10.0. The Morgan fingerprint density at radius 3 is 2.38 bits per heavy atom. The van der Waals surface area contributed by atoms with E-state index in [-0.39, 0.29) is 6.04 Å². The summed E-state index contributed by atoms with van der Waals surface area (Å²) in [6, 6.07) is 15.7. The number of hydrogen-bond acceptors (Lipinski definition) is 2. The normalized spacial score (nSPS) is 12.6. The Kier molecular flexibility index (Phi) is 6.07. The third-order valence-corrected chi connectivity index (χ3v) is 3.91. The van der Waals surface area contributed by atoms with Gasteiger partial charge in [0.05, 0.1) is 0 Å². The molecule has 0 heterocycles. The molecule has 0 aliphatic carbocycles. The van der Waals surface area contributed by atoms with Crippen LogP contribution in [0.25, 0.3) is 0 Å². The molecule has 2 nitrogen and oxygen atoms in total. The SMILES string of the molecule is CN(CCC(N)c1cccc(Cl)c1)Cc1cccc(Cl)c1. The van der Waals surface area contributed by atoms with Crippen LogP contribution in [0.2, 0.25) is 10.0 Å². The minimum atomic E-state index is 0.00510. The van der Waals surface area contributed by atoms with Crippen LogP contribution in [0.1, 0.15) is 23.6 Å². The molecule has 2 rings (SSSR count). The van der Waals surface area contributed by atoms with Crippen molar-refractivity contribution >= 4 is 23.2 Å². The molecule has 2 N–H and O–H groups in total. The lowest BCUT2D eigenvalue weighted by Gasteiger charge is -2.20. The molecule has 0 radical (unpaired) electrons. The first-order valence-electron chi connectivity index (χ1n) is 6.98. The van der Waals surface area contributed by atoms with Crippen LogP contribution in [0.5, 0.6) is 0 Å². The zero-order valence-electron chi connectivity index (χ0n) is 12.1. The van der Waals surface area contributed by atoms with Crippen molar-refractivity contribution in [1.29, 1.82) is 0 Å². The molecule has 0 amide bonds. The predicted molar refractivity (Wildman–Crippen MR) is 90.8 cm³/mol. The van der Waals surface area contributed by atoms with Crippen LogP contribution in [-0.4, -0.2) is 18.5 Å². The van der Waals surface area contributed by atoms with Gasteiger partial charge in [-0.15, -0.1) is 0 Å². The number of hydrogen-bond donors (Lipinski definition) is 1. The molecule has 0 aliphatic heterocycles. The van der Waals surface area contributed by atoms with Gasteiger partial charge in [-0.25, -0.2) is 0 Å². The van der Waals surface area contributed by atoms with E-state index in [1.54, 1.807) is 0 Å². The van der Waals surface area contributed by atoms with Gasteiger partial charge in [0.1, 0.15) is 0 Å². The van der Waals surface area contributed by atoms with Crippen LogP contribution in [0, 0.1) is 0 Å². The molecule has 0 aromatic heterocycles. The largest absolute Gasteiger partial charge is 0.324 e. The first-order valence-corrected chi connectivity index (χ1v) is 7.74. The van der Waals surface area contributed by atoms with Crippen LogP contribution >= 0.6 is 23.2 Å². The number of rotatable bonds is 6. The summed E-state index contributed by atoms with van der Waals surface area (Å²) in [6.07, 6.45) is 0.886. The molecule has 4 heteroatoms. The summed E-state index contributed by atoms with van der Waals surface area (Å²) in [5.41, 5.74) is 8.51. The minimum absolute atomic E-state index is 0.00510. The fraction of sp³-hybridized carbons (Fsp3) is 0.294. The van der Waals surface area contributed by atoms with Crippen molar-refractivity contribution in [3.05, 3.63) is 69.7 Å². The van der Waals surface area contributed by atoms with Gasteiger partial charge in [-0.3, -0.25) is 0 Å². The van der Waals surface area contributed by atoms with Crippen LogP contribution in [0.15, 0.2) is 48.5 Å². The van der Waals surface area contributed by atoms with Crippen molar-refractivity contribution < 1.29 is 0 Å².